The van der Waals surface area contributed by atoms with Crippen LogP contribution < -0.4 is 0 Å². The highest BCUT2D eigenvalue weighted by molar-refractivity contribution is 7.88. The van der Waals surface area contributed by atoms with Crippen molar-refractivity contribution in [1.82, 2.24) is 9.21 Å². The molecule has 23 heavy (non-hydrogen) atoms. The van der Waals surface area contributed by atoms with Crippen molar-refractivity contribution >= 4 is 16.1 Å². The summed E-state index contributed by atoms with van der Waals surface area (Å²) in [5.74, 6) is 0. The number of rotatable bonds is 5. The predicted molar refractivity (Wildman–Crippen MR) is 88.4 cm³/mol. The first-order chi connectivity index (χ1) is 10.9. The quantitative estimate of drug-likeness (QED) is 0.823. The molecule has 0 aliphatic carbocycles. The molecule has 1 aliphatic rings. The zero-order valence-electron chi connectivity index (χ0n) is 13.6. The number of amides is 1. The molecule has 7 heteroatoms. The molecule has 0 spiro atoms. The van der Waals surface area contributed by atoms with Gasteiger partial charge in [0.15, 0.2) is 0 Å². The Labute approximate surface area is 138 Å². The molecule has 0 unspecified atom stereocenters. The summed E-state index contributed by atoms with van der Waals surface area (Å²) < 4.78 is 30.3. The van der Waals surface area contributed by atoms with Crippen molar-refractivity contribution in [2.45, 2.75) is 32.4 Å². The van der Waals surface area contributed by atoms with Gasteiger partial charge in [0, 0.05) is 25.7 Å². The monoisotopic (exact) mass is 340 g/mol. The summed E-state index contributed by atoms with van der Waals surface area (Å²) in [5, 5.41) is 0. The Hall–Kier alpha value is -1.60. The molecule has 1 aliphatic heterocycles. The molecule has 2 rings (SSSR count). The topological polar surface area (TPSA) is 66.9 Å². The number of likely N-dealkylation sites (tertiary alicyclic amines) is 1. The molecule has 1 fully saturated rings. The molecular formula is C16H24N2O4S. The fourth-order valence-corrected chi connectivity index (χ4v) is 4.13. The molecule has 1 heterocycles. The minimum absolute atomic E-state index is 0.0341. The van der Waals surface area contributed by atoms with E-state index >= 15 is 0 Å². The van der Waals surface area contributed by atoms with E-state index in [0.29, 0.717) is 32.5 Å². The van der Waals surface area contributed by atoms with Gasteiger partial charge in [0.25, 0.3) is 0 Å². The van der Waals surface area contributed by atoms with Gasteiger partial charge in [-0.3, -0.25) is 0 Å². The van der Waals surface area contributed by atoms with Crippen LogP contribution in [0.2, 0.25) is 0 Å². The lowest BCUT2D eigenvalue weighted by Gasteiger charge is -2.36. The maximum atomic E-state index is 12.1. The summed E-state index contributed by atoms with van der Waals surface area (Å²) in [6.07, 6.45) is 2.18. The van der Waals surface area contributed by atoms with Crippen molar-refractivity contribution in [3.05, 3.63) is 35.9 Å². The van der Waals surface area contributed by atoms with Crippen LogP contribution in [-0.4, -0.2) is 55.6 Å². The van der Waals surface area contributed by atoms with Crippen LogP contribution in [0, 0.1) is 0 Å². The molecule has 0 saturated carbocycles. The minimum atomic E-state index is -3.20. The van der Waals surface area contributed by atoms with Crippen molar-refractivity contribution in [2.24, 2.45) is 0 Å². The van der Waals surface area contributed by atoms with Crippen LogP contribution in [-0.2, 0) is 21.4 Å². The van der Waals surface area contributed by atoms with E-state index in [-0.39, 0.29) is 18.7 Å². The molecule has 1 aromatic carbocycles. The number of carbonyl (C=O) groups excluding carboxylic acids is 1. The van der Waals surface area contributed by atoms with E-state index in [2.05, 4.69) is 0 Å². The molecule has 0 atom stereocenters. The molecule has 0 radical (unpaired) electrons. The van der Waals surface area contributed by atoms with Gasteiger partial charge in [-0.15, -0.1) is 0 Å². The molecule has 1 saturated heterocycles. The van der Waals surface area contributed by atoms with E-state index in [1.807, 2.05) is 37.3 Å². The third-order valence-electron chi connectivity index (χ3n) is 4.07. The lowest BCUT2D eigenvalue weighted by Crippen LogP contribution is -2.48. The van der Waals surface area contributed by atoms with Gasteiger partial charge in [0.1, 0.15) is 6.61 Å². The zero-order valence-corrected chi connectivity index (χ0v) is 14.5. The summed E-state index contributed by atoms with van der Waals surface area (Å²) in [6.45, 7) is 3.59. The summed E-state index contributed by atoms with van der Waals surface area (Å²) in [7, 11) is -3.20. The highest BCUT2D eigenvalue weighted by Gasteiger charge is 2.30. The first-order valence-corrected chi connectivity index (χ1v) is 9.69. The lowest BCUT2D eigenvalue weighted by molar-refractivity contribution is 0.0800. The smallest absolute Gasteiger partial charge is 0.410 e. The first kappa shape index (κ1) is 17.7. The number of piperidine rings is 1. The molecule has 128 valence electrons. The number of nitrogens with zero attached hydrogens (tertiary/aromatic N) is 2. The van der Waals surface area contributed by atoms with E-state index in [9.17, 15) is 13.2 Å². The van der Waals surface area contributed by atoms with Gasteiger partial charge in [-0.2, -0.15) is 4.31 Å². The normalized spacial score (nSPS) is 16.6. The van der Waals surface area contributed by atoms with E-state index in [0.717, 1.165) is 5.56 Å². The SMILES string of the molecule is CCN(C1CCN(C(=O)OCc2ccccc2)CC1)S(C)(=O)=O. The summed E-state index contributed by atoms with van der Waals surface area (Å²) >= 11 is 0. The molecule has 6 nitrogen and oxygen atoms in total. The second-order valence-electron chi connectivity index (χ2n) is 5.72. The second kappa shape index (κ2) is 7.79. The summed E-state index contributed by atoms with van der Waals surface area (Å²) in [5.41, 5.74) is 0.949. The maximum absolute atomic E-state index is 12.1. The summed E-state index contributed by atoms with van der Waals surface area (Å²) in [4.78, 5) is 13.7. The molecule has 0 aromatic heterocycles. The van der Waals surface area contributed by atoms with Gasteiger partial charge in [0.2, 0.25) is 10.0 Å². The Morgan fingerprint density at radius 3 is 2.39 bits per heavy atom. The largest absolute Gasteiger partial charge is 0.445 e. The van der Waals surface area contributed by atoms with Gasteiger partial charge in [-0.05, 0) is 18.4 Å². The van der Waals surface area contributed by atoms with Gasteiger partial charge >= 0.3 is 6.09 Å². The van der Waals surface area contributed by atoms with Crippen LogP contribution in [0.3, 0.4) is 0 Å². The second-order valence-corrected chi connectivity index (χ2v) is 7.66. The van der Waals surface area contributed by atoms with Gasteiger partial charge in [-0.1, -0.05) is 37.3 Å². The Bertz CT molecular complexity index is 610. The van der Waals surface area contributed by atoms with Gasteiger partial charge in [0.05, 0.1) is 6.26 Å². The highest BCUT2D eigenvalue weighted by atomic mass is 32.2. The lowest BCUT2D eigenvalue weighted by atomic mass is 10.1. The molecule has 0 bridgehead atoms. The van der Waals surface area contributed by atoms with Crippen LogP contribution in [0.25, 0.3) is 0 Å². The van der Waals surface area contributed by atoms with Crippen LogP contribution >= 0.6 is 0 Å². The molecule has 1 amide bonds. The Balaban J connectivity index is 1.83. The van der Waals surface area contributed by atoms with Crippen molar-refractivity contribution in [3.63, 3.8) is 0 Å². The van der Waals surface area contributed by atoms with Crippen LogP contribution in [0.5, 0.6) is 0 Å². The number of ether oxygens (including phenoxy) is 1. The fourth-order valence-electron chi connectivity index (χ4n) is 2.91. The third-order valence-corrected chi connectivity index (χ3v) is 5.48. The maximum Gasteiger partial charge on any atom is 0.410 e. The van der Waals surface area contributed by atoms with E-state index < -0.39 is 10.0 Å². The number of hydrogen-bond acceptors (Lipinski definition) is 4. The van der Waals surface area contributed by atoms with E-state index in [1.165, 1.54) is 10.6 Å². The van der Waals surface area contributed by atoms with Crippen molar-refractivity contribution in [2.75, 3.05) is 25.9 Å². The third kappa shape index (κ3) is 4.94. The van der Waals surface area contributed by atoms with Gasteiger partial charge in [-0.25, -0.2) is 13.2 Å². The fraction of sp³-hybridized carbons (Fsp3) is 0.562. The standard InChI is InChI=1S/C16H24N2O4S/c1-3-18(23(2,20)21)15-9-11-17(12-10-15)16(19)22-13-14-7-5-4-6-8-14/h4-8,15H,3,9-13H2,1-2H3. The zero-order chi connectivity index (χ0) is 16.9. The number of benzene rings is 1. The number of sulfonamides is 1. The highest BCUT2D eigenvalue weighted by Crippen LogP contribution is 2.19. The van der Waals surface area contributed by atoms with Crippen LogP contribution in [0.1, 0.15) is 25.3 Å². The Morgan fingerprint density at radius 1 is 1.26 bits per heavy atom. The Morgan fingerprint density at radius 2 is 1.87 bits per heavy atom. The average molecular weight is 340 g/mol. The molecule has 1 aromatic rings. The predicted octanol–water partition coefficient (Wildman–Crippen LogP) is 2.07. The van der Waals surface area contributed by atoms with Crippen molar-refractivity contribution in [1.29, 1.82) is 0 Å². The summed E-state index contributed by atoms with van der Waals surface area (Å²) in [6, 6.07) is 9.50. The van der Waals surface area contributed by atoms with Crippen molar-refractivity contribution < 1.29 is 17.9 Å². The molecular weight excluding hydrogens is 316 g/mol. The minimum Gasteiger partial charge on any atom is -0.445 e. The number of hydrogen-bond donors (Lipinski definition) is 0. The Kier molecular flexibility index (Phi) is 6.01. The average Bonchev–Trinajstić information content (AvgIpc) is 2.53. The van der Waals surface area contributed by atoms with Crippen LogP contribution in [0.4, 0.5) is 4.79 Å². The number of carbonyl (C=O) groups is 1. The molecule has 0 N–H and O–H groups in total. The first-order valence-electron chi connectivity index (χ1n) is 7.84. The van der Waals surface area contributed by atoms with E-state index in [4.69, 9.17) is 4.74 Å². The van der Waals surface area contributed by atoms with E-state index in [1.54, 1.807) is 4.90 Å². The van der Waals surface area contributed by atoms with Crippen molar-refractivity contribution in [3.8, 4) is 0 Å². The van der Waals surface area contributed by atoms with Crippen LogP contribution in [0.15, 0.2) is 30.3 Å². The van der Waals surface area contributed by atoms with Gasteiger partial charge < -0.3 is 9.64 Å².